The standard InChI is InChI=1S/C10H12N2.C2H6/c1-7(2)10-6-12-9(5-11)4-8(10)3;1-2/h4,6-7H,1-3H3;1-2H3. The Kier molecular flexibility index (Phi) is 5.55. The van der Waals surface area contributed by atoms with Crippen molar-refractivity contribution in [1.82, 2.24) is 4.98 Å². The summed E-state index contributed by atoms with van der Waals surface area (Å²) in [5.74, 6) is 0.477. The molecule has 0 aliphatic carbocycles. The Morgan fingerprint density at radius 3 is 2.29 bits per heavy atom. The summed E-state index contributed by atoms with van der Waals surface area (Å²) in [4.78, 5) is 4.02. The van der Waals surface area contributed by atoms with Gasteiger partial charge in [0.2, 0.25) is 0 Å². The molecule has 0 fully saturated rings. The maximum Gasteiger partial charge on any atom is 0.140 e. The Morgan fingerprint density at radius 2 is 1.93 bits per heavy atom. The number of pyridine rings is 1. The first kappa shape index (κ1) is 12.6. The third kappa shape index (κ3) is 3.18. The molecule has 76 valence electrons. The average molecular weight is 190 g/mol. The molecule has 1 rings (SSSR count). The Balaban J connectivity index is 0.000000791. The van der Waals surface area contributed by atoms with Gasteiger partial charge in [0.1, 0.15) is 11.8 Å². The van der Waals surface area contributed by atoms with Gasteiger partial charge in [0.05, 0.1) is 0 Å². The van der Waals surface area contributed by atoms with Gasteiger partial charge in [-0.25, -0.2) is 4.98 Å². The number of rotatable bonds is 1. The topological polar surface area (TPSA) is 36.7 Å². The van der Waals surface area contributed by atoms with Crippen molar-refractivity contribution in [2.24, 2.45) is 0 Å². The fourth-order valence-electron chi connectivity index (χ4n) is 1.23. The maximum absolute atomic E-state index is 8.58. The quantitative estimate of drug-likeness (QED) is 0.680. The number of nitriles is 1. The number of aryl methyl sites for hydroxylation is 1. The van der Waals surface area contributed by atoms with Crippen LogP contribution >= 0.6 is 0 Å². The first-order chi connectivity index (χ1) is 6.65. The van der Waals surface area contributed by atoms with Crippen molar-refractivity contribution in [2.45, 2.75) is 40.5 Å². The van der Waals surface area contributed by atoms with Gasteiger partial charge in [-0.3, -0.25) is 0 Å². The Labute approximate surface area is 86.6 Å². The molecule has 1 heterocycles. The highest BCUT2D eigenvalue weighted by Gasteiger charge is 2.04. The van der Waals surface area contributed by atoms with E-state index in [4.69, 9.17) is 5.26 Å². The molecule has 2 heteroatoms. The molecule has 0 spiro atoms. The summed E-state index contributed by atoms with van der Waals surface area (Å²) in [5.41, 5.74) is 2.86. The summed E-state index contributed by atoms with van der Waals surface area (Å²) in [7, 11) is 0. The van der Waals surface area contributed by atoms with E-state index in [-0.39, 0.29) is 0 Å². The first-order valence-corrected chi connectivity index (χ1v) is 5.01. The van der Waals surface area contributed by atoms with Crippen LogP contribution < -0.4 is 0 Å². The van der Waals surface area contributed by atoms with E-state index < -0.39 is 0 Å². The van der Waals surface area contributed by atoms with E-state index in [9.17, 15) is 0 Å². The number of nitrogens with zero attached hydrogens (tertiary/aromatic N) is 2. The van der Waals surface area contributed by atoms with Crippen LogP contribution in [0.2, 0.25) is 0 Å². The highest BCUT2D eigenvalue weighted by Crippen LogP contribution is 2.17. The number of aromatic nitrogens is 1. The van der Waals surface area contributed by atoms with Crippen molar-refractivity contribution in [3.05, 3.63) is 29.1 Å². The lowest BCUT2D eigenvalue weighted by Gasteiger charge is -2.07. The summed E-state index contributed by atoms with van der Waals surface area (Å²) in [6.07, 6.45) is 1.79. The minimum atomic E-state index is 0.477. The molecule has 0 atom stereocenters. The molecule has 0 bridgehead atoms. The molecule has 0 N–H and O–H groups in total. The van der Waals surface area contributed by atoms with Gasteiger partial charge in [-0.05, 0) is 30.0 Å². The highest BCUT2D eigenvalue weighted by atomic mass is 14.7. The van der Waals surface area contributed by atoms with Crippen LogP contribution in [0.1, 0.15) is 50.4 Å². The lowest BCUT2D eigenvalue weighted by molar-refractivity contribution is 0.846. The Morgan fingerprint density at radius 1 is 1.36 bits per heavy atom. The normalized spacial score (nSPS) is 8.93. The van der Waals surface area contributed by atoms with Gasteiger partial charge in [-0.1, -0.05) is 27.7 Å². The molecule has 1 aromatic rings. The second kappa shape index (κ2) is 6.15. The van der Waals surface area contributed by atoms with Crippen molar-refractivity contribution in [3.8, 4) is 6.07 Å². The van der Waals surface area contributed by atoms with Gasteiger partial charge in [0.25, 0.3) is 0 Å². The van der Waals surface area contributed by atoms with E-state index in [1.54, 1.807) is 6.20 Å². The molecular weight excluding hydrogens is 172 g/mol. The number of hydrogen-bond acceptors (Lipinski definition) is 2. The van der Waals surface area contributed by atoms with E-state index in [2.05, 4.69) is 18.8 Å². The predicted octanol–water partition coefficient (Wildman–Crippen LogP) is 3.41. The lowest BCUT2D eigenvalue weighted by Crippen LogP contribution is -1.94. The van der Waals surface area contributed by atoms with Crippen LogP contribution in [0.15, 0.2) is 12.3 Å². The molecule has 0 aliphatic heterocycles. The summed E-state index contributed by atoms with van der Waals surface area (Å²) < 4.78 is 0. The lowest BCUT2D eigenvalue weighted by atomic mass is 10.0. The maximum atomic E-state index is 8.58. The minimum absolute atomic E-state index is 0.477. The highest BCUT2D eigenvalue weighted by molar-refractivity contribution is 5.32. The van der Waals surface area contributed by atoms with E-state index in [1.165, 1.54) is 5.56 Å². The Bertz CT molecular complexity index is 322. The summed E-state index contributed by atoms with van der Waals surface area (Å²) in [5, 5.41) is 8.58. The van der Waals surface area contributed by atoms with Gasteiger partial charge in [0, 0.05) is 6.20 Å². The van der Waals surface area contributed by atoms with Gasteiger partial charge in [-0.15, -0.1) is 0 Å². The second-order valence-corrected chi connectivity index (χ2v) is 3.19. The van der Waals surface area contributed by atoms with Gasteiger partial charge in [-0.2, -0.15) is 5.26 Å². The molecule has 0 aliphatic rings. The molecule has 1 aromatic heterocycles. The van der Waals surface area contributed by atoms with Crippen LogP contribution in [0, 0.1) is 18.3 Å². The van der Waals surface area contributed by atoms with Crippen molar-refractivity contribution in [3.63, 3.8) is 0 Å². The SMILES string of the molecule is CC.Cc1cc(C#N)ncc1C(C)C. The largest absolute Gasteiger partial charge is 0.245 e. The summed E-state index contributed by atoms with van der Waals surface area (Å²) in [6.45, 7) is 10.3. The second-order valence-electron chi connectivity index (χ2n) is 3.19. The number of hydrogen-bond donors (Lipinski definition) is 0. The van der Waals surface area contributed by atoms with Crippen LogP contribution in [-0.2, 0) is 0 Å². The molecule has 0 radical (unpaired) electrons. The Hall–Kier alpha value is -1.36. The zero-order valence-electron chi connectivity index (χ0n) is 9.63. The van der Waals surface area contributed by atoms with Crippen LogP contribution in [-0.4, -0.2) is 4.98 Å². The summed E-state index contributed by atoms with van der Waals surface area (Å²) in [6, 6.07) is 3.85. The smallest absolute Gasteiger partial charge is 0.140 e. The molecule has 14 heavy (non-hydrogen) atoms. The predicted molar refractivity (Wildman–Crippen MR) is 59.1 cm³/mol. The van der Waals surface area contributed by atoms with Gasteiger partial charge < -0.3 is 0 Å². The molecule has 0 aromatic carbocycles. The minimum Gasteiger partial charge on any atom is -0.245 e. The summed E-state index contributed by atoms with van der Waals surface area (Å²) >= 11 is 0. The molecular formula is C12H18N2. The van der Waals surface area contributed by atoms with Crippen molar-refractivity contribution >= 4 is 0 Å². The molecule has 0 saturated heterocycles. The fraction of sp³-hybridized carbons (Fsp3) is 0.500. The van der Waals surface area contributed by atoms with Crippen LogP contribution in [0.25, 0.3) is 0 Å². The zero-order valence-corrected chi connectivity index (χ0v) is 9.63. The van der Waals surface area contributed by atoms with Gasteiger partial charge in [0.15, 0.2) is 0 Å². The molecule has 2 nitrogen and oxygen atoms in total. The average Bonchev–Trinajstić information content (AvgIpc) is 2.20. The third-order valence-electron chi connectivity index (χ3n) is 1.89. The van der Waals surface area contributed by atoms with E-state index in [1.807, 2.05) is 32.9 Å². The monoisotopic (exact) mass is 190 g/mol. The van der Waals surface area contributed by atoms with Gasteiger partial charge >= 0.3 is 0 Å². The third-order valence-corrected chi connectivity index (χ3v) is 1.89. The zero-order chi connectivity index (χ0) is 11.1. The van der Waals surface area contributed by atoms with Crippen molar-refractivity contribution < 1.29 is 0 Å². The van der Waals surface area contributed by atoms with E-state index >= 15 is 0 Å². The molecule has 0 unspecified atom stereocenters. The van der Waals surface area contributed by atoms with Crippen LogP contribution in [0.4, 0.5) is 0 Å². The van der Waals surface area contributed by atoms with E-state index in [0.29, 0.717) is 11.6 Å². The fourth-order valence-corrected chi connectivity index (χ4v) is 1.23. The van der Waals surface area contributed by atoms with Crippen LogP contribution in [0.3, 0.4) is 0 Å². The molecule has 0 saturated carbocycles. The van der Waals surface area contributed by atoms with Crippen molar-refractivity contribution in [2.75, 3.05) is 0 Å². The van der Waals surface area contributed by atoms with Crippen molar-refractivity contribution in [1.29, 1.82) is 5.26 Å². The first-order valence-electron chi connectivity index (χ1n) is 5.01. The molecule has 0 amide bonds. The van der Waals surface area contributed by atoms with E-state index in [0.717, 1.165) is 5.56 Å². The van der Waals surface area contributed by atoms with Crippen LogP contribution in [0.5, 0.6) is 0 Å².